The van der Waals surface area contributed by atoms with Crippen LogP contribution in [0.2, 0.25) is 0 Å². The quantitative estimate of drug-likeness (QED) is 0.583. The third-order valence-electron chi connectivity index (χ3n) is 2.80. The fourth-order valence-corrected chi connectivity index (χ4v) is 1.77. The fourth-order valence-electron chi connectivity index (χ4n) is 1.77. The van der Waals surface area contributed by atoms with Crippen LogP contribution in [-0.2, 0) is 0 Å². The van der Waals surface area contributed by atoms with Crippen molar-refractivity contribution in [2.45, 2.75) is 13.3 Å². The second-order valence-corrected chi connectivity index (χ2v) is 4.34. The van der Waals surface area contributed by atoms with Gasteiger partial charge in [-0.3, -0.25) is 14.9 Å². The molecule has 0 spiro atoms. The number of carbonyl (C=O) groups excluding carboxylic acids is 1. The second kappa shape index (κ2) is 7.44. The number of anilines is 1. The van der Waals surface area contributed by atoms with Crippen molar-refractivity contribution < 1.29 is 14.8 Å². The Morgan fingerprint density at radius 2 is 2.20 bits per heavy atom. The van der Waals surface area contributed by atoms with E-state index in [-0.39, 0.29) is 24.4 Å². The van der Waals surface area contributed by atoms with E-state index in [0.29, 0.717) is 12.2 Å². The molecule has 0 aliphatic heterocycles. The highest BCUT2D eigenvalue weighted by molar-refractivity contribution is 6.00. The van der Waals surface area contributed by atoms with Gasteiger partial charge >= 0.3 is 5.69 Å². The predicted molar refractivity (Wildman–Crippen MR) is 75.9 cm³/mol. The monoisotopic (exact) mass is 281 g/mol. The van der Waals surface area contributed by atoms with E-state index >= 15 is 0 Å². The molecule has 0 saturated heterocycles. The van der Waals surface area contributed by atoms with Gasteiger partial charge in [-0.25, -0.2) is 0 Å². The molecule has 0 unspecified atom stereocenters. The van der Waals surface area contributed by atoms with E-state index in [2.05, 4.69) is 5.32 Å². The number of nitrogens with one attached hydrogen (secondary N) is 1. The van der Waals surface area contributed by atoms with Crippen molar-refractivity contribution in [3.63, 3.8) is 0 Å². The molecule has 0 heterocycles. The number of hydrogen-bond donors (Lipinski definition) is 2. The molecule has 1 aromatic rings. The van der Waals surface area contributed by atoms with Crippen molar-refractivity contribution in [3.05, 3.63) is 33.9 Å². The minimum absolute atomic E-state index is 0.0204. The van der Waals surface area contributed by atoms with Gasteiger partial charge in [0.05, 0.1) is 11.5 Å². The lowest BCUT2D eigenvalue weighted by Gasteiger charge is -2.16. The maximum Gasteiger partial charge on any atom is 0.305 e. The first-order valence-corrected chi connectivity index (χ1v) is 6.40. The molecule has 0 fully saturated rings. The Bertz CT molecular complexity index is 491. The Morgan fingerprint density at radius 3 is 2.75 bits per heavy atom. The molecule has 1 amide bonds. The minimum atomic E-state index is -0.558. The van der Waals surface area contributed by atoms with E-state index in [1.807, 2.05) is 6.92 Å². The van der Waals surface area contributed by atoms with Crippen LogP contribution < -0.4 is 5.32 Å². The number of amides is 1. The van der Waals surface area contributed by atoms with Crippen LogP contribution in [0.5, 0.6) is 0 Å². The van der Waals surface area contributed by atoms with Crippen LogP contribution in [0.1, 0.15) is 23.7 Å². The summed E-state index contributed by atoms with van der Waals surface area (Å²) in [5.41, 5.74) is 0.128. The van der Waals surface area contributed by atoms with Crippen molar-refractivity contribution in [2.75, 3.05) is 32.1 Å². The Morgan fingerprint density at radius 1 is 1.50 bits per heavy atom. The zero-order valence-corrected chi connectivity index (χ0v) is 11.6. The zero-order chi connectivity index (χ0) is 15.1. The van der Waals surface area contributed by atoms with Crippen LogP contribution in [-0.4, -0.2) is 47.6 Å². The molecule has 0 aliphatic rings. The van der Waals surface area contributed by atoms with Crippen molar-refractivity contribution >= 4 is 17.3 Å². The Hall–Kier alpha value is -2.15. The Kier molecular flexibility index (Phi) is 5.92. The molecule has 2 N–H and O–H groups in total. The average Bonchev–Trinajstić information content (AvgIpc) is 2.43. The topological polar surface area (TPSA) is 95.7 Å². The molecular formula is C13H19N3O4. The molecule has 0 aliphatic carbocycles. The van der Waals surface area contributed by atoms with Crippen molar-refractivity contribution in [1.29, 1.82) is 0 Å². The van der Waals surface area contributed by atoms with Crippen LogP contribution in [0.3, 0.4) is 0 Å². The standard InChI is InChI=1S/C13H19N3O4/c1-3-7-14-11-6-4-5-10(12(11)16(19)20)13(18)15(2)8-9-17/h4-6,14,17H,3,7-9H2,1-2H3. The van der Waals surface area contributed by atoms with E-state index < -0.39 is 10.8 Å². The van der Waals surface area contributed by atoms with Crippen molar-refractivity contribution in [3.8, 4) is 0 Å². The number of benzene rings is 1. The first-order valence-electron chi connectivity index (χ1n) is 6.40. The van der Waals surface area contributed by atoms with Crippen molar-refractivity contribution in [2.24, 2.45) is 0 Å². The molecule has 20 heavy (non-hydrogen) atoms. The third kappa shape index (κ3) is 3.67. The summed E-state index contributed by atoms with van der Waals surface area (Å²) >= 11 is 0. The number of aliphatic hydroxyl groups excluding tert-OH is 1. The van der Waals surface area contributed by atoms with Gasteiger partial charge in [-0.05, 0) is 18.6 Å². The second-order valence-electron chi connectivity index (χ2n) is 4.34. The van der Waals surface area contributed by atoms with Crippen molar-refractivity contribution in [1.82, 2.24) is 4.90 Å². The highest BCUT2D eigenvalue weighted by Gasteiger charge is 2.26. The van der Waals surface area contributed by atoms with Gasteiger partial charge in [-0.15, -0.1) is 0 Å². The van der Waals surface area contributed by atoms with Crippen LogP contribution in [0, 0.1) is 10.1 Å². The normalized spacial score (nSPS) is 10.2. The Balaban J connectivity index is 3.18. The van der Waals surface area contributed by atoms with Crippen LogP contribution >= 0.6 is 0 Å². The molecule has 0 radical (unpaired) electrons. The van der Waals surface area contributed by atoms with E-state index in [0.717, 1.165) is 6.42 Å². The predicted octanol–water partition coefficient (Wildman–Crippen LogP) is 1.48. The van der Waals surface area contributed by atoms with Crippen LogP contribution in [0.15, 0.2) is 18.2 Å². The first kappa shape index (κ1) is 15.9. The van der Waals surface area contributed by atoms with E-state index in [9.17, 15) is 14.9 Å². The minimum Gasteiger partial charge on any atom is -0.395 e. The first-order chi connectivity index (χ1) is 9.52. The van der Waals surface area contributed by atoms with Gasteiger partial charge in [0.15, 0.2) is 0 Å². The fraction of sp³-hybridized carbons (Fsp3) is 0.462. The highest BCUT2D eigenvalue weighted by atomic mass is 16.6. The number of aliphatic hydroxyl groups is 1. The summed E-state index contributed by atoms with van der Waals surface area (Å²) in [6, 6.07) is 4.60. The summed E-state index contributed by atoms with van der Waals surface area (Å²) in [5.74, 6) is -0.481. The summed E-state index contributed by atoms with van der Waals surface area (Å²) in [7, 11) is 1.49. The number of likely N-dealkylation sites (N-methyl/N-ethyl adjacent to an activating group) is 1. The highest BCUT2D eigenvalue weighted by Crippen LogP contribution is 2.29. The lowest BCUT2D eigenvalue weighted by molar-refractivity contribution is -0.384. The molecule has 7 nitrogen and oxygen atoms in total. The zero-order valence-electron chi connectivity index (χ0n) is 11.6. The molecule has 0 bridgehead atoms. The molecule has 1 rings (SSSR count). The molecule has 1 aromatic carbocycles. The number of rotatable bonds is 7. The number of hydrogen-bond acceptors (Lipinski definition) is 5. The third-order valence-corrected chi connectivity index (χ3v) is 2.80. The van der Waals surface area contributed by atoms with E-state index in [4.69, 9.17) is 5.11 Å². The van der Waals surface area contributed by atoms with Gasteiger partial charge in [-0.2, -0.15) is 0 Å². The van der Waals surface area contributed by atoms with Gasteiger partial charge in [0, 0.05) is 20.1 Å². The molecule has 0 saturated carbocycles. The molecular weight excluding hydrogens is 262 g/mol. The molecule has 0 aromatic heterocycles. The molecule has 0 atom stereocenters. The number of nitro groups is 1. The Labute approximate surface area is 117 Å². The van der Waals surface area contributed by atoms with Gasteiger partial charge < -0.3 is 15.3 Å². The summed E-state index contributed by atoms with van der Waals surface area (Å²) in [6.45, 7) is 2.47. The average molecular weight is 281 g/mol. The maximum absolute atomic E-state index is 12.2. The van der Waals surface area contributed by atoms with Crippen LogP contribution in [0.4, 0.5) is 11.4 Å². The summed E-state index contributed by atoms with van der Waals surface area (Å²) < 4.78 is 0. The molecule has 110 valence electrons. The summed E-state index contributed by atoms with van der Waals surface area (Å²) in [4.78, 5) is 24.1. The SMILES string of the molecule is CCCNc1cccc(C(=O)N(C)CCO)c1[N+](=O)[O-]. The van der Waals surface area contributed by atoms with E-state index in [1.54, 1.807) is 12.1 Å². The summed E-state index contributed by atoms with van der Waals surface area (Å²) in [6.07, 6.45) is 0.819. The number of carbonyl (C=O) groups is 1. The number of nitro benzene ring substituents is 1. The lowest BCUT2D eigenvalue weighted by Crippen LogP contribution is -2.30. The number of nitrogens with zero attached hydrogens (tertiary/aromatic N) is 2. The number of para-hydroxylation sites is 1. The molecule has 7 heteroatoms. The van der Waals surface area contributed by atoms with Gasteiger partial charge in [0.1, 0.15) is 11.3 Å². The van der Waals surface area contributed by atoms with Gasteiger partial charge in [0.25, 0.3) is 5.91 Å². The van der Waals surface area contributed by atoms with E-state index in [1.165, 1.54) is 18.0 Å². The smallest absolute Gasteiger partial charge is 0.305 e. The van der Waals surface area contributed by atoms with Crippen LogP contribution in [0.25, 0.3) is 0 Å². The largest absolute Gasteiger partial charge is 0.395 e. The van der Waals surface area contributed by atoms with Gasteiger partial charge in [0.2, 0.25) is 0 Å². The van der Waals surface area contributed by atoms with Gasteiger partial charge in [-0.1, -0.05) is 13.0 Å². The summed E-state index contributed by atoms with van der Waals surface area (Å²) in [5, 5.41) is 23.0. The lowest BCUT2D eigenvalue weighted by atomic mass is 10.1. The maximum atomic E-state index is 12.2.